The van der Waals surface area contributed by atoms with Crippen LogP contribution >= 0.6 is 0 Å². The lowest BCUT2D eigenvalue weighted by atomic mass is 9.73. The zero-order chi connectivity index (χ0) is 62.6. The standard InChI is InChI=1S/C88H70BNO2/c1-9-27-76-66(10-2)73-54-75-74-53-63(62-44-50-71-69-38-24-23-36-67(69)68-37-25-26-39-70(68)72(71)52-62)45-51-78(74)90(79(75)55-77(73)86(76,3)4)65-48-42-61(43-49-65)85-83(59-34-21-14-22-35-59)81(57-30-17-12-18-31-57)80(56-28-15-11-16-29-56)82(58-32-19-13-20-33-58)84(85)60-40-46-64(47-41-60)89-91-87(5,6)88(7,8)92-89/h9-55H,2H2,1,3-8H3/b27-9-. The molecule has 0 unspecified atom stereocenters. The summed E-state index contributed by atoms with van der Waals surface area (Å²) in [7, 11) is -0.509. The summed E-state index contributed by atoms with van der Waals surface area (Å²) in [6.07, 6.45) is 6.51. The highest BCUT2D eigenvalue weighted by Crippen LogP contribution is 2.57. The molecule has 0 atom stereocenters. The van der Waals surface area contributed by atoms with Crippen molar-refractivity contribution >= 4 is 72.3 Å². The van der Waals surface area contributed by atoms with Gasteiger partial charge < -0.3 is 13.9 Å². The summed E-state index contributed by atoms with van der Waals surface area (Å²) in [5.41, 5.74) is 24.2. The molecule has 3 nitrogen and oxygen atoms in total. The van der Waals surface area contributed by atoms with E-state index in [9.17, 15) is 0 Å². The number of hydrogen-bond acceptors (Lipinski definition) is 2. The van der Waals surface area contributed by atoms with Crippen molar-refractivity contribution in [3.8, 4) is 83.6 Å². The van der Waals surface area contributed by atoms with E-state index in [0.717, 1.165) is 77.8 Å². The van der Waals surface area contributed by atoms with Gasteiger partial charge in [0.2, 0.25) is 0 Å². The number of allylic oxidation sites excluding steroid dienone is 5. The zero-order valence-corrected chi connectivity index (χ0v) is 53.2. The summed E-state index contributed by atoms with van der Waals surface area (Å²) in [4.78, 5) is 0. The maximum absolute atomic E-state index is 6.68. The van der Waals surface area contributed by atoms with Gasteiger partial charge in [-0.1, -0.05) is 263 Å². The first-order valence-corrected chi connectivity index (χ1v) is 32.3. The molecule has 0 radical (unpaired) electrons. The Morgan fingerprint density at radius 3 is 1.17 bits per heavy atom. The van der Waals surface area contributed by atoms with Crippen molar-refractivity contribution in [2.24, 2.45) is 0 Å². The van der Waals surface area contributed by atoms with Gasteiger partial charge in [0.25, 0.3) is 0 Å². The lowest BCUT2D eigenvalue weighted by Crippen LogP contribution is -2.41. The van der Waals surface area contributed by atoms with E-state index in [0.29, 0.717) is 0 Å². The molecule has 16 rings (SSSR count). The van der Waals surface area contributed by atoms with E-state index >= 15 is 0 Å². The summed E-state index contributed by atoms with van der Waals surface area (Å²) in [6.45, 7) is 19.7. The Morgan fingerprint density at radius 1 is 0.359 bits per heavy atom. The SMILES string of the molecule is C=CC1=C(/C=C\C)C(C)(C)c2cc3c(cc21)c1cc(-c2ccc4c5ccccc5c5ccccc5c4c2)ccc1n3-c1ccc(-c2c(-c3ccccc3)c(-c3ccccc3)c(-c3ccccc3)c(-c3ccccc3)c2-c2ccc(B3OC(C)(C)C(C)(C)O3)cc2)cc1. The number of fused-ring (bicyclic) bond motifs is 10. The average molecular weight is 1180 g/mol. The minimum atomic E-state index is -0.509. The van der Waals surface area contributed by atoms with Gasteiger partial charge in [0.05, 0.1) is 22.2 Å². The van der Waals surface area contributed by atoms with Crippen molar-refractivity contribution in [1.29, 1.82) is 0 Å². The Hall–Kier alpha value is -10.4. The van der Waals surface area contributed by atoms with Crippen molar-refractivity contribution in [2.75, 3.05) is 0 Å². The summed E-state index contributed by atoms with van der Waals surface area (Å²) in [5.74, 6) is 0. The summed E-state index contributed by atoms with van der Waals surface area (Å²) in [5, 5.41) is 10.0. The van der Waals surface area contributed by atoms with E-state index in [2.05, 4.69) is 345 Å². The van der Waals surface area contributed by atoms with Crippen LogP contribution in [0.3, 0.4) is 0 Å². The van der Waals surface area contributed by atoms with Gasteiger partial charge >= 0.3 is 7.12 Å². The van der Waals surface area contributed by atoms with E-state index < -0.39 is 18.3 Å². The second kappa shape index (κ2) is 22.0. The maximum atomic E-state index is 6.68. The highest BCUT2D eigenvalue weighted by Gasteiger charge is 2.51. The van der Waals surface area contributed by atoms with Crippen molar-refractivity contribution in [1.82, 2.24) is 4.57 Å². The molecule has 1 aromatic heterocycles. The summed E-state index contributed by atoms with van der Waals surface area (Å²) in [6, 6.07) is 99.3. The largest absolute Gasteiger partial charge is 0.494 e. The summed E-state index contributed by atoms with van der Waals surface area (Å²) < 4.78 is 15.9. The predicted octanol–water partition coefficient (Wildman–Crippen LogP) is 23.0. The highest BCUT2D eigenvalue weighted by atomic mass is 16.7. The van der Waals surface area contributed by atoms with Crippen LogP contribution in [0, 0.1) is 0 Å². The van der Waals surface area contributed by atoms with Crippen LogP contribution in [-0.4, -0.2) is 22.9 Å². The molecule has 13 aromatic carbocycles. The fraction of sp³-hybridized carbons (Fsp3) is 0.114. The molecule has 1 saturated heterocycles. The van der Waals surface area contributed by atoms with Gasteiger partial charge in [-0.25, -0.2) is 0 Å². The first-order chi connectivity index (χ1) is 44.8. The molecule has 0 spiro atoms. The average Bonchev–Trinajstić information content (AvgIpc) is 1.21. The van der Waals surface area contributed by atoms with Gasteiger partial charge in [-0.2, -0.15) is 0 Å². The monoisotopic (exact) mass is 1180 g/mol. The molecule has 0 bridgehead atoms. The molecule has 92 heavy (non-hydrogen) atoms. The van der Waals surface area contributed by atoms with Crippen molar-refractivity contribution in [2.45, 2.75) is 65.1 Å². The first-order valence-electron chi connectivity index (χ1n) is 32.3. The molecule has 0 N–H and O–H groups in total. The molecule has 442 valence electrons. The zero-order valence-electron chi connectivity index (χ0n) is 53.2. The van der Waals surface area contributed by atoms with Crippen LogP contribution < -0.4 is 5.46 Å². The minimum absolute atomic E-state index is 0.264. The molecule has 1 aliphatic heterocycles. The molecule has 1 aliphatic carbocycles. The second-order valence-electron chi connectivity index (χ2n) is 26.5. The normalized spacial score (nSPS) is 15.0. The van der Waals surface area contributed by atoms with Crippen molar-refractivity contribution in [3.05, 3.63) is 308 Å². The maximum Gasteiger partial charge on any atom is 0.494 e. The van der Waals surface area contributed by atoms with Crippen LogP contribution in [0.25, 0.3) is 143 Å². The Morgan fingerprint density at radius 2 is 0.728 bits per heavy atom. The molecule has 0 amide bonds. The van der Waals surface area contributed by atoms with E-state index in [1.54, 1.807) is 0 Å². The topological polar surface area (TPSA) is 23.4 Å². The third-order valence-electron chi connectivity index (χ3n) is 20.3. The van der Waals surface area contributed by atoms with E-state index in [1.807, 2.05) is 0 Å². The molecule has 4 heteroatoms. The summed E-state index contributed by atoms with van der Waals surface area (Å²) >= 11 is 0. The van der Waals surface area contributed by atoms with Gasteiger partial charge in [-0.05, 0) is 215 Å². The van der Waals surface area contributed by atoms with Crippen LogP contribution in [0.15, 0.2) is 297 Å². The number of hydrogen-bond donors (Lipinski definition) is 0. The third-order valence-corrected chi connectivity index (χ3v) is 20.3. The third kappa shape index (κ3) is 9.02. The van der Waals surface area contributed by atoms with Crippen molar-refractivity contribution < 1.29 is 9.31 Å². The molecule has 1 fully saturated rings. The fourth-order valence-corrected chi connectivity index (χ4v) is 15.1. The van der Waals surface area contributed by atoms with E-state index in [1.165, 1.54) is 87.6 Å². The molecule has 2 aliphatic rings. The number of aromatic nitrogens is 1. The predicted molar refractivity (Wildman–Crippen MR) is 392 cm³/mol. The molecule has 2 heterocycles. The molecule has 14 aromatic rings. The van der Waals surface area contributed by atoms with Gasteiger partial charge in [-0.15, -0.1) is 0 Å². The van der Waals surface area contributed by atoms with Crippen LogP contribution in [-0.2, 0) is 14.7 Å². The highest BCUT2D eigenvalue weighted by molar-refractivity contribution is 6.62. The Labute approximate surface area is 540 Å². The smallest absolute Gasteiger partial charge is 0.399 e. The lowest BCUT2D eigenvalue weighted by molar-refractivity contribution is 0.00578. The van der Waals surface area contributed by atoms with Gasteiger partial charge in [0.15, 0.2) is 0 Å². The van der Waals surface area contributed by atoms with Crippen LogP contribution in [0.1, 0.15) is 59.6 Å². The van der Waals surface area contributed by atoms with Crippen LogP contribution in [0.4, 0.5) is 0 Å². The molecular weight excluding hydrogens is 1110 g/mol. The molecular formula is C88H70BNO2. The Kier molecular flexibility index (Phi) is 13.6. The second-order valence-corrected chi connectivity index (χ2v) is 26.5. The molecule has 0 saturated carbocycles. The van der Waals surface area contributed by atoms with Crippen molar-refractivity contribution in [3.63, 3.8) is 0 Å². The number of rotatable bonds is 11. The Balaban J connectivity index is 0.957. The first kappa shape index (κ1) is 56.8. The Bertz CT molecular complexity index is 5290. The van der Waals surface area contributed by atoms with Gasteiger partial charge in [0.1, 0.15) is 0 Å². The van der Waals surface area contributed by atoms with E-state index in [4.69, 9.17) is 9.31 Å². The van der Waals surface area contributed by atoms with Crippen LogP contribution in [0.2, 0.25) is 0 Å². The number of benzene rings is 13. The van der Waals surface area contributed by atoms with E-state index in [-0.39, 0.29) is 5.41 Å². The fourth-order valence-electron chi connectivity index (χ4n) is 15.1. The van der Waals surface area contributed by atoms with Gasteiger partial charge in [0, 0.05) is 21.9 Å². The van der Waals surface area contributed by atoms with Gasteiger partial charge in [-0.3, -0.25) is 0 Å². The lowest BCUT2D eigenvalue weighted by Gasteiger charge is -2.32. The quantitative estimate of drug-likeness (QED) is 0.0952. The minimum Gasteiger partial charge on any atom is -0.399 e. The number of nitrogens with zero attached hydrogens (tertiary/aromatic N) is 1. The van der Waals surface area contributed by atoms with Crippen LogP contribution in [0.5, 0.6) is 0 Å².